The van der Waals surface area contributed by atoms with Crippen LogP contribution in [0.3, 0.4) is 0 Å². The second-order valence-corrected chi connectivity index (χ2v) is 10.8. The summed E-state index contributed by atoms with van der Waals surface area (Å²) in [6, 6.07) is 11.5. The molecule has 5 rings (SSSR count). The molecule has 0 radical (unpaired) electrons. The number of sulfone groups is 1. The van der Waals surface area contributed by atoms with Gasteiger partial charge in [-0.1, -0.05) is 22.8 Å². The lowest BCUT2D eigenvalue weighted by Crippen LogP contribution is -2.12. The van der Waals surface area contributed by atoms with Gasteiger partial charge in [-0.05, 0) is 73.2 Å². The predicted octanol–water partition coefficient (Wildman–Crippen LogP) is 5.64. The van der Waals surface area contributed by atoms with E-state index in [1.165, 1.54) is 12.1 Å². The minimum atomic E-state index is -3.89. The van der Waals surface area contributed by atoms with Gasteiger partial charge in [0.1, 0.15) is 5.76 Å². The number of nitrogens with zero attached hydrogens (tertiary/aromatic N) is 2. The highest BCUT2D eigenvalue weighted by Gasteiger charge is 2.32. The quantitative estimate of drug-likeness (QED) is 0.355. The van der Waals surface area contributed by atoms with Crippen molar-refractivity contribution in [1.82, 2.24) is 9.72 Å². The Kier molecular flexibility index (Phi) is 5.58. The van der Waals surface area contributed by atoms with Crippen LogP contribution in [0, 0.1) is 6.92 Å². The van der Waals surface area contributed by atoms with E-state index in [1.54, 1.807) is 35.9 Å². The van der Waals surface area contributed by atoms with Gasteiger partial charge >= 0.3 is 5.97 Å². The number of aromatic carboxylic acids is 1. The maximum absolute atomic E-state index is 13.7. The topological polar surface area (TPSA) is 102 Å². The normalized spacial score (nSPS) is 13.8. The first kappa shape index (κ1) is 22.4. The van der Waals surface area contributed by atoms with E-state index in [1.807, 2.05) is 24.5 Å². The molecule has 174 valence electrons. The Balaban J connectivity index is 1.66. The number of carboxylic acids is 1. The molecule has 34 heavy (non-hydrogen) atoms. The molecule has 0 bridgehead atoms. The molecule has 2 aromatic carbocycles. The van der Waals surface area contributed by atoms with Crippen molar-refractivity contribution >= 4 is 27.4 Å². The molecule has 7 nitrogen and oxygen atoms in total. The first-order valence-corrected chi connectivity index (χ1v) is 12.7. The predicted molar refractivity (Wildman–Crippen MR) is 127 cm³/mol. The summed E-state index contributed by atoms with van der Waals surface area (Å²) in [5, 5.41) is 13.7. The van der Waals surface area contributed by atoms with Crippen LogP contribution in [0.5, 0.6) is 0 Å². The Morgan fingerprint density at radius 1 is 1.18 bits per heavy atom. The van der Waals surface area contributed by atoms with E-state index in [0.29, 0.717) is 38.7 Å². The van der Waals surface area contributed by atoms with Crippen molar-refractivity contribution in [2.45, 2.75) is 36.3 Å². The van der Waals surface area contributed by atoms with Crippen molar-refractivity contribution in [2.24, 2.45) is 0 Å². The average molecular weight is 497 g/mol. The van der Waals surface area contributed by atoms with Crippen LogP contribution in [-0.2, 0) is 15.6 Å². The third kappa shape index (κ3) is 4.15. The van der Waals surface area contributed by atoms with E-state index in [9.17, 15) is 18.3 Å². The first-order chi connectivity index (χ1) is 16.2. The SMILES string of the molecule is Cc1oncc1-c1cc(CS(=O)(=O)c2cc(C(=O)O)ccc2C2CC2)c(-n2cccc2)cc1Cl. The highest BCUT2D eigenvalue weighted by molar-refractivity contribution is 7.90. The molecular weight excluding hydrogens is 476 g/mol. The molecule has 4 aromatic rings. The molecule has 0 amide bonds. The van der Waals surface area contributed by atoms with Crippen LogP contribution in [0.4, 0.5) is 0 Å². The molecule has 0 atom stereocenters. The summed E-state index contributed by atoms with van der Waals surface area (Å²) in [7, 11) is -3.89. The summed E-state index contributed by atoms with van der Waals surface area (Å²) < 4.78 is 34.5. The van der Waals surface area contributed by atoms with Gasteiger partial charge in [0.2, 0.25) is 0 Å². The van der Waals surface area contributed by atoms with Crippen molar-refractivity contribution < 1.29 is 22.8 Å². The Morgan fingerprint density at radius 2 is 1.91 bits per heavy atom. The molecule has 0 aliphatic heterocycles. The van der Waals surface area contributed by atoms with Crippen molar-refractivity contribution in [3.8, 4) is 16.8 Å². The van der Waals surface area contributed by atoms with Gasteiger partial charge in [0.05, 0.1) is 33.1 Å². The summed E-state index contributed by atoms with van der Waals surface area (Å²) >= 11 is 6.60. The fourth-order valence-electron chi connectivity index (χ4n) is 4.17. The molecule has 9 heteroatoms. The molecule has 1 saturated carbocycles. The Morgan fingerprint density at radius 3 is 2.53 bits per heavy atom. The zero-order valence-electron chi connectivity index (χ0n) is 18.2. The van der Waals surface area contributed by atoms with Crippen LogP contribution < -0.4 is 0 Å². The minimum absolute atomic E-state index is 0.0505. The van der Waals surface area contributed by atoms with E-state index < -0.39 is 15.8 Å². The average Bonchev–Trinajstić information content (AvgIpc) is 3.32. The Labute approximate surface area is 201 Å². The van der Waals surface area contributed by atoms with E-state index in [2.05, 4.69) is 5.16 Å². The van der Waals surface area contributed by atoms with Crippen LogP contribution in [-0.4, -0.2) is 29.2 Å². The van der Waals surface area contributed by atoms with Gasteiger partial charge < -0.3 is 14.2 Å². The lowest BCUT2D eigenvalue weighted by Gasteiger charge is -2.16. The number of aryl methyl sites for hydroxylation is 1. The fourth-order valence-corrected chi connectivity index (χ4v) is 6.13. The number of carbonyl (C=O) groups is 1. The van der Waals surface area contributed by atoms with Crippen LogP contribution in [0.25, 0.3) is 16.8 Å². The molecule has 1 aliphatic carbocycles. The summed E-state index contributed by atoms with van der Waals surface area (Å²) in [6.45, 7) is 1.76. The largest absolute Gasteiger partial charge is 0.478 e. The van der Waals surface area contributed by atoms with Gasteiger partial charge in [0.25, 0.3) is 0 Å². The van der Waals surface area contributed by atoms with Crippen LogP contribution >= 0.6 is 11.6 Å². The van der Waals surface area contributed by atoms with E-state index in [-0.39, 0.29) is 22.1 Å². The van der Waals surface area contributed by atoms with Crippen LogP contribution in [0.1, 0.15) is 46.0 Å². The summed E-state index contributed by atoms with van der Waals surface area (Å²) in [5.41, 5.74) is 3.07. The molecule has 2 aromatic heterocycles. The molecule has 0 saturated heterocycles. The number of hydrogen-bond acceptors (Lipinski definition) is 5. The molecule has 1 N–H and O–H groups in total. The van der Waals surface area contributed by atoms with Gasteiger partial charge in [0.15, 0.2) is 9.84 Å². The number of benzene rings is 2. The summed E-state index contributed by atoms with van der Waals surface area (Å²) in [6.07, 6.45) is 6.95. The van der Waals surface area contributed by atoms with Crippen molar-refractivity contribution in [3.05, 3.63) is 88.5 Å². The van der Waals surface area contributed by atoms with E-state index >= 15 is 0 Å². The Bertz CT molecular complexity index is 1500. The van der Waals surface area contributed by atoms with Gasteiger partial charge in [0, 0.05) is 23.5 Å². The highest BCUT2D eigenvalue weighted by Crippen LogP contribution is 2.44. The molecular formula is C25H21ClN2O5S. The third-order valence-electron chi connectivity index (χ3n) is 6.05. The second-order valence-electron chi connectivity index (χ2n) is 8.44. The number of carboxylic acid groups (broad SMARTS) is 1. The molecule has 0 spiro atoms. The van der Waals surface area contributed by atoms with Crippen molar-refractivity contribution in [1.29, 1.82) is 0 Å². The fraction of sp³-hybridized carbons (Fsp3) is 0.200. The smallest absolute Gasteiger partial charge is 0.335 e. The number of hydrogen-bond donors (Lipinski definition) is 1. The maximum Gasteiger partial charge on any atom is 0.335 e. The van der Waals surface area contributed by atoms with Crippen molar-refractivity contribution in [3.63, 3.8) is 0 Å². The van der Waals surface area contributed by atoms with Gasteiger partial charge in [-0.25, -0.2) is 13.2 Å². The lowest BCUT2D eigenvalue weighted by molar-refractivity contribution is 0.0696. The number of aromatic nitrogens is 2. The summed E-state index contributed by atoms with van der Waals surface area (Å²) in [4.78, 5) is 11.6. The monoisotopic (exact) mass is 496 g/mol. The number of rotatable bonds is 7. The van der Waals surface area contributed by atoms with Crippen molar-refractivity contribution in [2.75, 3.05) is 0 Å². The Hall–Kier alpha value is -3.36. The summed E-state index contributed by atoms with van der Waals surface area (Å²) in [5.74, 6) is -0.784. The first-order valence-electron chi connectivity index (χ1n) is 10.7. The minimum Gasteiger partial charge on any atom is -0.478 e. The standard InChI is InChI=1S/C25H21ClN2O5S/c1-15-21(13-27-33-15)20-10-18(23(12-22(20)26)28-8-2-3-9-28)14-34(31,32)24-11-17(25(29)30)6-7-19(24)16-4-5-16/h2-3,6-13,16H,4-5,14H2,1H3,(H,29,30). The zero-order valence-corrected chi connectivity index (χ0v) is 19.8. The lowest BCUT2D eigenvalue weighted by atomic mass is 10.0. The maximum atomic E-state index is 13.7. The number of halogens is 1. The highest BCUT2D eigenvalue weighted by atomic mass is 35.5. The zero-order chi connectivity index (χ0) is 24.0. The second kappa shape index (κ2) is 8.45. The van der Waals surface area contributed by atoms with Gasteiger partial charge in [-0.15, -0.1) is 0 Å². The van der Waals surface area contributed by atoms with E-state index in [0.717, 1.165) is 12.8 Å². The van der Waals surface area contributed by atoms with Gasteiger partial charge in [-0.3, -0.25) is 0 Å². The van der Waals surface area contributed by atoms with Crippen LogP contribution in [0.15, 0.2) is 70.5 Å². The third-order valence-corrected chi connectivity index (χ3v) is 8.08. The van der Waals surface area contributed by atoms with E-state index in [4.69, 9.17) is 16.1 Å². The molecule has 1 aliphatic rings. The van der Waals surface area contributed by atoms with Gasteiger partial charge in [-0.2, -0.15) is 0 Å². The van der Waals surface area contributed by atoms with Crippen LogP contribution in [0.2, 0.25) is 5.02 Å². The molecule has 1 fully saturated rings. The molecule has 2 heterocycles. The molecule has 0 unspecified atom stereocenters.